The average Bonchev–Trinajstić information content (AvgIpc) is 2.49. The predicted molar refractivity (Wildman–Crippen MR) is 72.9 cm³/mol. The Morgan fingerprint density at radius 2 is 1.75 bits per heavy atom. The van der Waals surface area contributed by atoms with Crippen LogP contribution in [0.2, 0.25) is 0 Å². The fourth-order valence-electron chi connectivity index (χ4n) is 1.69. The van der Waals surface area contributed by atoms with Crippen LogP contribution in [-0.2, 0) is 16.2 Å². The lowest BCUT2D eigenvalue weighted by atomic mass is 10.2. The SMILES string of the molecule is O=CN(OCc1ccccc1[N+](=O)[O-])c1ccccc1. The van der Waals surface area contributed by atoms with Gasteiger partial charge in [0.1, 0.15) is 6.61 Å². The van der Waals surface area contributed by atoms with Gasteiger partial charge >= 0.3 is 0 Å². The van der Waals surface area contributed by atoms with Gasteiger partial charge in [-0.3, -0.25) is 19.7 Å². The molecule has 0 unspecified atom stereocenters. The molecule has 2 rings (SSSR count). The van der Waals surface area contributed by atoms with Crippen molar-refractivity contribution in [2.45, 2.75) is 6.61 Å². The highest BCUT2D eigenvalue weighted by atomic mass is 16.7. The molecule has 0 heterocycles. The van der Waals surface area contributed by atoms with Gasteiger partial charge in [0.05, 0.1) is 16.2 Å². The van der Waals surface area contributed by atoms with Gasteiger partial charge in [0, 0.05) is 6.07 Å². The number of anilines is 1. The topological polar surface area (TPSA) is 72.7 Å². The standard InChI is InChI=1S/C14H12N2O4/c17-11-15(13-7-2-1-3-8-13)20-10-12-6-4-5-9-14(12)16(18)19/h1-9,11H,10H2. The average molecular weight is 272 g/mol. The van der Waals surface area contributed by atoms with E-state index in [-0.39, 0.29) is 12.3 Å². The highest BCUT2D eigenvalue weighted by Crippen LogP contribution is 2.20. The molecular weight excluding hydrogens is 260 g/mol. The van der Waals surface area contributed by atoms with E-state index in [0.29, 0.717) is 17.7 Å². The van der Waals surface area contributed by atoms with Crippen molar-refractivity contribution < 1.29 is 14.6 Å². The van der Waals surface area contributed by atoms with Crippen LogP contribution in [0, 0.1) is 10.1 Å². The lowest BCUT2D eigenvalue weighted by Crippen LogP contribution is -2.21. The van der Waals surface area contributed by atoms with Crippen LogP contribution in [0.4, 0.5) is 11.4 Å². The molecule has 0 aliphatic heterocycles. The summed E-state index contributed by atoms with van der Waals surface area (Å²) in [5.41, 5.74) is 0.924. The smallest absolute Gasteiger partial charge is 0.275 e. The number of rotatable bonds is 6. The van der Waals surface area contributed by atoms with Gasteiger partial charge in [-0.2, -0.15) is 5.06 Å². The molecule has 0 atom stereocenters. The fourth-order valence-corrected chi connectivity index (χ4v) is 1.69. The van der Waals surface area contributed by atoms with E-state index in [2.05, 4.69) is 0 Å². The number of nitro benzene ring substituents is 1. The Morgan fingerprint density at radius 1 is 1.10 bits per heavy atom. The van der Waals surface area contributed by atoms with Gasteiger partial charge in [-0.15, -0.1) is 0 Å². The Labute approximate surface area is 115 Å². The van der Waals surface area contributed by atoms with Crippen molar-refractivity contribution in [3.05, 3.63) is 70.3 Å². The van der Waals surface area contributed by atoms with Gasteiger partial charge in [-0.25, -0.2) is 0 Å². The molecule has 0 saturated carbocycles. The van der Waals surface area contributed by atoms with E-state index >= 15 is 0 Å². The highest BCUT2D eigenvalue weighted by Gasteiger charge is 2.14. The predicted octanol–water partition coefficient (Wildman–Crippen LogP) is 2.69. The lowest BCUT2D eigenvalue weighted by molar-refractivity contribution is -0.386. The molecule has 2 aromatic carbocycles. The summed E-state index contributed by atoms with van der Waals surface area (Å²) >= 11 is 0. The molecule has 0 N–H and O–H groups in total. The van der Waals surface area contributed by atoms with Crippen LogP contribution >= 0.6 is 0 Å². The third kappa shape index (κ3) is 3.18. The van der Waals surface area contributed by atoms with E-state index in [4.69, 9.17) is 4.84 Å². The van der Waals surface area contributed by atoms with Crippen LogP contribution in [0.3, 0.4) is 0 Å². The lowest BCUT2D eigenvalue weighted by Gasteiger charge is -2.16. The molecule has 0 aliphatic rings. The minimum Gasteiger partial charge on any atom is -0.276 e. The Balaban J connectivity index is 2.12. The number of carbonyl (C=O) groups is 1. The number of nitrogens with zero attached hydrogens (tertiary/aromatic N) is 2. The maximum atomic E-state index is 11.0. The zero-order chi connectivity index (χ0) is 14.4. The third-order valence-electron chi connectivity index (χ3n) is 2.65. The molecule has 6 nitrogen and oxygen atoms in total. The van der Waals surface area contributed by atoms with Crippen LogP contribution < -0.4 is 5.06 Å². The van der Waals surface area contributed by atoms with Gasteiger partial charge in [-0.1, -0.05) is 30.3 Å². The first-order valence-corrected chi connectivity index (χ1v) is 5.87. The van der Waals surface area contributed by atoms with Gasteiger partial charge < -0.3 is 0 Å². The number of nitro groups is 1. The third-order valence-corrected chi connectivity index (χ3v) is 2.65. The maximum absolute atomic E-state index is 11.0. The van der Waals surface area contributed by atoms with Gasteiger partial charge in [0.25, 0.3) is 5.69 Å². The molecule has 0 aromatic heterocycles. The number of benzene rings is 2. The Kier molecular flexibility index (Phi) is 4.41. The first kappa shape index (κ1) is 13.7. The Hall–Kier alpha value is -2.73. The second kappa shape index (κ2) is 6.44. The fraction of sp³-hybridized carbons (Fsp3) is 0.0714. The molecule has 102 valence electrons. The van der Waals surface area contributed by atoms with Crippen molar-refractivity contribution in [2.75, 3.05) is 5.06 Å². The summed E-state index contributed by atoms with van der Waals surface area (Å²) in [7, 11) is 0. The molecule has 2 aromatic rings. The number of hydrogen-bond donors (Lipinski definition) is 0. The highest BCUT2D eigenvalue weighted by molar-refractivity contribution is 5.71. The quantitative estimate of drug-likeness (QED) is 0.460. The van der Waals surface area contributed by atoms with Crippen molar-refractivity contribution in [3.63, 3.8) is 0 Å². The van der Waals surface area contributed by atoms with Crippen LogP contribution in [0.25, 0.3) is 0 Å². The molecule has 0 spiro atoms. The normalized spacial score (nSPS) is 10.0. The summed E-state index contributed by atoms with van der Waals surface area (Å²) in [4.78, 5) is 26.7. The number of hydroxylamine groups is 1. The first-order valence-electron chi connectivity index (χ1n) is 5.87. The summed E-state index contributed by atoms with van der Waals surface area (Å²) in [5, 5.41) is 11.9. The summed E-state index contributed by atoms with van der Waals surface area (Å²) in [6.07, 6.45) is 0.518. The van der Waals surface area contributed by atoms with Crippen molar-refractivity contribution in [3.8, 4) is 0 Å². The van der Waals surface area contributed by atoms with E-state index < -0.39 is 4.92 Å². The minimum absolute atomic E-state index is 0.0357. The summed E-state index contributed by atoms with van der Waals surface area (Å²) in [6, 6.07) is 15.0. The van der Waals surface area contributed by atoms with Crippen molar-refractivity contribution in [1.29, 1.82) is 0 Å². The van der Waals surface area contributed by atoms with Crippen LogP contribution in [-0.4, -0.2) is 11.3 Å². The van der Waals surface area contributed by atoms with E-state index in [1.165, 1.54) is 6.07 Å². The summed E-state index contributed by atoms with van der Waals surface area (Å²) in [6.45, 7) is -0.0647. The molecule has 0 saturated heterocycles. The maximum Gasteiger partial charge on any atom is 0.275 e. The number of carbonyl (C=O) groups excluding carboxylic acids is 1. The molecule has 0 bridgehead atoms. The van der Waals surface area contributed by atoms with E-state index in [1.807, 2.05) is 6.07 Å². The van der Waals surface area contributed by atoms with Crippen molar-refractivity contribution >= 4 is 17.8 Å². The van der Waals surface area contributed by atoms with Crippen LogP contribution in [0.5, 0.6) is 0 Å². The second-order valence-corrected chi connectivity index (χ2v) is 3.93. The number of hydrogen-bond acceptors (Lipinski definition) is 4. The van der Waals surface area contributed by atoms with Crippen molar-refractivity contribution in [1.82, 2.24) is 0 Å². The Morgan fingerprint density at radius 3 is 2.40 bits per heavy atom. The van der Waals surface area contributed by atoms with Gasteiger partial charge in [-0.05, 0) is 18.2 Å². The summed E-state index contributed by atoms with van der Waals surface area (Å²) in [5.74, 6) is 0. The zero-order valence-electron chi connectivity index (χ0n) is 10.5. The Bertz CT molecular complexity index is 601. The number of amides is 1. The largest absolute Gasteiger partial charge is 0.276 e. The van der Waals surface area contributed by atoms with Gasteiger partial charge in [0.15, 0.2) is 0 Å². The molecule has 0 fully saturated rings. The van der Waals surface area contributed by atoms with E-state index in [9.17, 15) is 14.9 Å². The summed E-state index contributed by atoms with van der Waals surface area (Å²) < 4.78 is 0. The zero-order valence-corrected chi connectivity index (χ0v) is 10.5. The molecule has 0 radical (unpaired) electrons. The second-order valence-electron chi connectivity index (χ2n) is 3.93. The van der Waals surface area contributed by atoms with E-state index in [0.717, 1.165) is 5.06 Å². The number of para-hydroxylation sites is 2. The molecule has 20 heavy (non-hydrogen) atoms. The van der Waals surface area contributed by atoms with Crippen LogP contribution in [0.15, 0.2) is 54.6 Å². The molecule has 6 heteroatoms. The van der Waals surface area contributed by atoms with Gasteiger partial charge in [0.2, 0.25) is 6.41 Å². The first-order chi connectivity index (χ1) is 9.72. The molecule has 1 amide bonds. The molecule has 0 aliphatic carbocycles. The van der Waals surface area contributed by atoms with Crippen molar-refractivity contribution in [2.24, 2.45) is 0 Å². The monoisotopic (exact) mass is 272 g/mol. The van der Waals surface area contributed by atoms with Crippen LogP contribution in [0.1, 0.15) is 5.56 Å². The molecular formula is C14H12N2O4. The van der Waals surface area contributed by atoms with E-state index in [1.54, 1.807) is 42.5 Å². The minimum atomic E-state index is -0.480.